The summed E-state index contributed by atoms with van der Waals surface area (Å²) in [5.74, 6) is 0.559. The fourth-order valence-corrected chi connectivity index (χ4v) is 1.03. The molecule has 14 heavy (non-hydrogen) atoms. The van der Waals surface area contributed by atoms with Crippen LogP contribution in [0.1, 0.15) is 20.3 Å². The highest BCUT2D eigenvalue weighted by Gasteiger charge is 2.20. The molecule has 5 heteroatoms. The quantitative estimate of drug-likeness (QED) is 0.801. The molecule has 0 aliphatic carbocycles. The second-order valence-corrected chi connectivity index (χ2v) is 3.90. The highest BCUT2D eigenvalue weighted by Crippen LogP contribution is 2.14. The minimum absolute atomic E-state index is 0.159. The van der Waals surface area contributed by atoms with Crippen molar-refractivity contribution in [3.63, 3.8) is 0 Å². The van der Waals surface area contributed by atoms with E-state index in [0.717, 1.165) is 6.42 Å². The maximum atomic E-state index is 5.67. The summed E-state index contributed by atoms with van der Waals surface area (Å²) in [7, 11) is 0. The van der Waals surface area contributed by atoms with E-state index in [-0.39, 0.29) is 5.54 Å². The van der Waals surface area contributed by atoms with Crippen molar-refractivity contribution in [3.05, 3.63) is 17.4 Å². The molecule has 1 rings (SSSR count). The first-order valence-electron chi connectivity index (χ1n) is 4.55. The van der Waals surface area contributed by atoms with Crippen molar-refractivity contribution in [2.75, 3.05) is 11.9 Å². The van der Waals surface area contributed by atoms with E-state index in [2.05, 4.69) is 22.2 Å². The molecule has 1 heterocycles. The lowest BCUT2D eigenvalue weighted by molar-refractivity contribution is 0.502. The fourth-order valence-electron chi connectivity index (χ4n) is 0.931. The largest absolute Gasteiger partial charge is 0.348 e. The number of aromatic nitrogens is 2. The number of hydrogen-bond donors (Lipinski definition) is 2. The lowest BCUT2D eigenvalue weighted by Crippen LogP contribution is -2.42. The van der Waals surface area contributed by atoms with E-state index in [1.54, 1.807) is 12.4 Å². The first-order valence-corrected chi connectivity index (χ1v) is 4.93. The topological polar surface area (TPSA) is 63.8 Å². The Hall–Kier alpha value is -0.870. The zero-order valence-corrected chi connectivity index (χ0v) is 9.17. The summed E-state index contributed by atoms with van der Waals surface area (Å²) in [6.45, 7) is 4.64. The van der Waals surface area contributed by atoms with E-state index in [0.29, 0.717) is 17.5 Å². The predicted molar refractivity (Wildman–Crippen MR) is 58.4 cm³/mol. The van der Waals surface area contributed by atoms with Crippen molar-refractivity contribution in [1.82, 2.24) is 9.97 Å². The van der Waals surface area contributed by atoms with Gasteiger partial charge in [0.15, 0.2) is 0 Å². The third kappa shape index (κ3) is 2.82. The Morgan fingerprint density at radius 3 is 2.50 bits per heavy atom. The Morgan fingerprint density at radius 2 is 2.07 bits per heavy atom. The molecular formula is C9H15ClN4. The van der Waals surface area contributed by atoms with Crippen LogP contribution in [0, 0.1) is 0 Å². The smallest absolute Gasteiger partial charge is 0.223 e. The van der Waals surface area contributed by atoms with Gasteiger partial charge in [-0.1, -0.05) is 18.5 Å². The number of rotatable bonds is 4. The zero-order valence-electron chi connectivity index (χ0n) is 8.42. The highest BCUT2D eigenvalue weighted by atomic mass is 35.5. The molecule has 1 aromatic rings. The summed E-state index contributed by atoms with van der Waals surface area (Å²) < 4.78 is 0. The van der Waals surface area contributed by atoms with Gasteiger partial charge in [-0.25, -0.2) is 9.97 Å². The average molecular weight is 215 g/mol. The van der Waals surface area contributed by atoms with Gasteiger partial charge in [-0.05, 0) is 13.3 Å². The second kappa shape index (κ2) is 4.57. The zero-order chi connectivity index (χ0) is 10.6. The van der Waals surface area contributed by atoms with Gasteiger partial charge in [-0.3, -0.25) is 0 Å². The molecule has 0 aromatic carbocycles. The third-order valence-electron chi connectivity index (χ3n) is 2.26. The highest BCUT2D eigenvalue weighted by molar-refractivity contribution is 6.30. The summed E-state index contributed by atoms with van der Waals surface area (Å²) in [4.78, 5) is 8.10. The SMILES string of the molecule is CCC(C)(CN)Nc1ncc(Cl)cn1. The molecule has 3 N–H and O–H groups in total. The van der Waals surface area contributed by atoms with Crippen LogP contribution in [0.5, 0.6) is 0 Å². The van der Waals surface area contributed by atoms with Crippen molar-refractivity contribution >= 4 is 17.5 Å². The van der Waals surface area contributed by atoms with Crippen LogP contribution in [0.15, 0.2) is 12.4 Å². The van der Waals surface area contributed by atoms with Crippen LogP contribution in [0.25, 0.3) is 0 Å². The van der Waals surface area contributed by atoms with Gasteiger partial charge < -0.3 is 11.1 Å². The van der Waals surface area contributed by atoms with Gasteiger partial charge in [-0.2, -0.15) is 0 Å². The van der Waals surface area contributed by atoms with Crippen molar-refractivity contribution in [1.29, 1.82) is 0 Å². The van der Waals surface area contributed by atoms with Crippen LogP contribution < -0.4 is 11.1 Å². The van der Waals surface area contributed by atoms with E-state index in [4.69, 9.17) is 17.3 Å². The molecule has 0 bridgehead atoms. The summed E-state index contributed by atoms with van der Waals surface area (Å²) in [5, 5.41) is 3.71. The fraction of sp³-hybridized carbons (Fsp3) is 0.556. The number of anilines is 1. The monoisotopic (exact) mass is 214 g/mol. The van der Waals surface area contributed by atoms with Gasteiger partial charge in [0, 0.05) is 12.1 Å². The molecule has 1 atom stereocenters. The lowest BCUT2D eigenvalue weighted by atomic mass is 10.00. The normalized spacial score (nSPS) is 14.9. The van der Waals surface area contributed by atoms with Gasteiger partial charge in [0.2, 0.25) is 5.95 Å². The number of nitrogens with zero attached hydrogens (tertiary/aromatic N) is 2. The van der Waals surface area contributed by atoms with Crippen LogP contribution in [0.3, 0.4) is 0 Å². The molecule has 0 aliphatic heterocycles. The molecule has 78 valence electrons. The van der Waals surface area contributed by atoms with E-state index in [9.17, 15) is 0 Å². The van der Waals surface area contributed by atoms with Crippen molar-refractivity contribution < 1.29 is 0 Å². The molecule has 0 amide bonds. The van der Waals surface area contributed by atoms with Crippen LogP contribution in [-0.2, 0) is 0 Å². The van der Waals surface area contributed by atoms with Crippen LogP contribution >= 0.6 is 11.6 Å². The number of halogens is 1. The summed E-state index contributed by atoms with van der Waals surface area (Å²) in [5.41, 5.74) is 5.49. The molecule has 0 spiro atoms. The molecule has 0 radical (unpaired) electrons. The first-order chi connectivity index (χ1) is 6.59. The average Bonchev–Trinajstić information content (AvgIpc) is 2.21. The maximum absolute atomic E-state index is 5.67. The summed E-state index contributed by atoms with van der Waals surface area (Å²) in [6.07, 6.45) is 4.03. The minimum atomic E-state index is -0.159. The molecule has 0 fully saturated rings. The van der Waals surface area contributed by atoms with Crippen LogP contribution in [0.4, 0.5) is 5.95 Å². The van der Waals surface area contributed by atoms with Gasteiger partial charge >= 0.3 is 0 Å². The standard InChI is InChI=1S/C9H15ClN4/c1-3-9(2,6-11)14-8-12-4-7(10)5-13-8/h4-5H,3,6,11H2,1-2H3,(H,12,13,14). The van der Waals surface area contributed by atoms with E-state index in [1.807, 2.05) is 6.92 Å². The summed E-state index contributed by atoms with van der Waals surface area (Å²) in [6, 6.07) is 0. The van der Waals surface area contributed by atoms with Crippen molar-refractivity contribution in [2.24, 2.45) is 5.73 Å². The predicted octanol–water partition coefficient (Wildman–Crippen LogP) is 1.67. The molecule has 1 unspecified atom stereocenters. The second-order valence-electron chi connectivity index (χ2n) is 3.47. The van der Waals surface area contributed by atoms with Crippen LogP contribution in [0.2, 0.25) is 5.02 Å². The Morgan fingerprint density at radius 1 is 1.50 bits per heavy atom. The molecule has 1 aromatic heterocycles. The van der Waals surface area contributed by atoms with Crippen molar-refractivity contribution in [2.45, 2.75) is 25.8 Å². The Balaban J connectivity index is 2.72. The number of nitrogens with one attached hydrogen (secondary N) is 1. The molecule has 0 saturated carbocycles. The van der Waals surface area contributed by atoms with Gasteiger partial charge in [0.25, 0.3) is 0 Å². The van der Waals surface area contributed by atoms with E-state index >= 15 is 0 Å². The van der Waals surface area contributed by atoms with E-state index < -0.39 is 0 Å². The molecule has 0 aliphatic rings. The maximum Gasteiger partial charge on any atom is 0.223 e. The molecular weight excluding hydrogens is 200 g/mol. The summed E-state index contributed by atoms with van der Waals surface area (Å²) >= 11 is 5.67. The van der Waals surface area contributed by atoms with Crippen molar-refractivity contribution in [3.8, 4) is 0 Å². The van der Waals surface area contributed by atoms with E-state index in [1.165, 1.54) is 0 Å². The minimum Gasteiger partial charge on any atom is -0.348 e. The van der Waals surface area contributed by atoms with Gasteiger partial charge in [0.05, 0.1) is 17.4 Å². The molecule has 0 saturated heterocycles. The Bertz CT molecular complexity index is 281. The number of nitrogens with two attached hydrogens (primary N) is 1. The van der Waals surface area contributed by atoms with Gasteiger partial charge in [-0.15, -0.1) is 0 Å². The van der Waals surface area contributed by atoms with Gasteiger partial charge in [0.1, 0.15) is 0 Å². The molecule has 4 nitrogen and oxygen atoms in total. The third-order valence-corrected chi connectivity index (χ3v) is 2.46. The lowest BCUT2D eigenvalue weighted by Gasteiger charge is -2.27. The van der Waals surface area contributed by atoms with Crippen LogP contribution in [-0.4, -0.2) is 22.1 Å². The first kappa shape index (κ1) is 11.2. The number of hydrogen-bond acceptors (Lipinski definition) is 4. The Kier molecular flexibility index (Phi) is 3.66. The Labute approximate surface area is 88.9 Å².